The van der Waals surface area contributed by atoms with Crippen LogP contribution in [-0.2, 0) is 6.42 Å². The van der Waals surface area contributed by atoms with Crippen LogP contribution in [0.15, 0.2) is 15.1 Å². The highest BCUT2D eigenvalue weighted by Crippen LogP contribution is 2.32. The minimum absolute atomic E-state index is 0.0156. The first-order chi connectivity index (χ1) is 11.6. The summed E-state index contributed by atoms with van der Waals surface area (Å²) >= 11 is 0. The third kappa shape index (κ3) is 3.23. The van der Waals surface area contributed by atoms with Crippen LogP contribution in [0.25, 0.3) is 0 Å². The van der Waals surface area contributed by atoms with Gasteiger partial charge in [0.15, 0.2) is 0 Å². The summed E-state index contributed by atoms with van der Waals surface area (Å²) in [5, 5.41) is 8.18. The molecular weight excluding hydrogens is 306 g/mol. The van der Waals surface area contributed by atoms with Gasteiger partial charge in [0.2, 0.25) is 0 Å². The average Bonchev–Trinajstić information content (AvgIpc) is 3.06. The number of carbonyl (C=O) groups excluding carboxylic acids is 1. The van der Waals surface area contributed by atoms with Crippen molar-refractivity contribution in [1.29, 1.82) is 0 Å². The second-order valence-electron chi connectivity index (χ2n) is 6.53. The van der Waals surface area contributed by atoms with Crippen LogP contribution in [0.1, 0.15) is 78.3 Å². The summed E-state index contributed by atoms with van der Waals surface area (Å²) in [7, 11) is 0. The molecule has 1 fully saturated rings. The molecule has 130 valence electrons. The predicted octanol–water partition coefficient (Wildman–Crippen LogP) is 3.99. The average molecular weight is 331 g/mol. The van der Waals surface area contributed by atoms with Crippen LogP contribution in [0.4, 0.5) is 0 Å². The van der Waals surface area contributed by atoms with Gasteiger partial charge in [0.1, 0.15) is 22.8 Å². The zero-order valence-corrected chi connectivity index (χ0v) is 14.7. The van der Waals surface area contributed by atoms with E-state index in [9.17, 15) is 4.79 Å². The Morgan fingerprint density at radius 1 is 1.25 bits per heavy atom. The zero-order valence-electron chi connectivity index (χ0n) is 14.7. The Balaban J connectivity index is 1.91. The number of hydrogen-bond acceptors (Lipinski definition) is 5. The van der Waals surface area contributed by atoms with Gasteiger partial charge in [0.05, 0.1) is 11.7 Å². The molecule has 24 heavy (non-hydrogen) atoms. The molecule has 1 atom stereocenters. The Hall–Kier alpha value is -2.11. The van der Waals surface area contributed by atoms with Crippen molar-refractivity contribution >= 4 is 5.91 Å². The molecule has 0 spiro atoms. The molecule has 0 aromatic carbocycles. The van der Waals surface area contributed by atoms with E-state index >= 15 is 0 Å². The smallest absolute Gasteiger partial charge is 0.259 e. The molecule has 1 aliphatic heterocycles. The van der Waals surface area contributed by atoms with Gasteiger partial charge in [-0.25, -0.2) is 0 Å². The fourth-order valence-corrected chi connectivity index (χ4v) is 3.44. The summed E-state index contributed by atoms with van der Waals surface area (Å²) in [4.78, 5) is 15.1. The molecule has 2 aromatic heterocycles. The molecule has 6 heteroatoms. The van der Waals surface area contributed by atoms with Gasteiger partial charge >= 0.3 is 0 Å². The first-order valence-electron chi connectivity index (χ1n) is 8.81. The van der Waals surface area contributed by atoms with E-state index in [0.717, 1.165) is 56.5 Å². The first-order valence-corrected chi connectivity index (χ1v) is 8.81. The highest BCUT2D eigenvalue weighted by atomic mass is 16.5. The molecule has 1 amide bonds. The molecule has 1 unspecified atom stereocenters. The van der Waals surface area contributed by atoms with Crippen LogP contribution in [-0.4, -0.2) is 27.7 Å². The van der Waals surface area contributed by atoms with Crippen molar-refractivity contribution < 1.29 is 13.8 Å². The van der Waals surface area contributed by atoms with Crippen molar-refractivity contribution in [3.63, 3.8) is 0 Å². The minimum atomic E-state index is -0.0388. The zero-order chi connectivity index (χ0) is 17.1. The van der Waals surface area contributed by atoms with Crippen molar-refractivity contribution in [2.24, 2.45) is 0 Å². The van der Waals surface area contributed by atoms with E-state index in [4.69, 9.17) is 9.05 Å². The van der Waals surface area contributed by atoms with Crippen LogP contribution in [0.2, 0.25) is 0 Å². The van der Waals surface area contributed by atoms with Crippen LogP contribution < -0.4 is 0 Å². The minimum Gasteiger partial charge on any atom is -0.361 e. The summed E-state index contributed by atoms with van der Waals surface area (Å²) < 4.78 is 10.6. The lowest BCUT2D eigenvalue weighted by atomic mass is 10.0. The van der Waals surface area contributed by atoms with E-state index in [0.29, 0.717) is 17.0 Å². The molecule has 2 aromatic rings. The third-order valence-electron chi connectivity index (χ3n) is 4.68. The predicted molar refractivity (Wildman–Crippen MR) is 88.7 cm³/mol. The topological polar surface area (TPSA) is 72.4 Å². The maximum absolute atomic E-state index is 13.1. The van der Waals surface area contributed by atoms with E-state index in [2.05, 4.69) is 17.2 Å². The van der Waals surface area contributed by atoms with Gasteiger partial charge in [-0.15, -0.1) is 0 Å². The Morgan fingerprint density at radius 2 is 2.08 bits per heavy atom. The van der Waals surface area contributed by atoms with Crippen molar-refractivity contribution in [2.75, 3.05) is 6.54 Å². The van der Waals surface area contributed by atoms with Crippen molar-refractivity contribution in [3.8, 4) is 0 Å². The molecule has 0 bridgehead atoms. The first kappa shape index (κ1) is 16.7. The monoisotopic (exact) mass is 331 g/mol. The summed E-state index contributed by atoms with van der Waals surface area (Å²) in [6, 6.07) is 1.97. The van der Waals surface area contributed by atoms with Crippen molar-refractivity contribution in [3.05, 3.63) is 34.5 Å². The van der Waals surface area contributed by atoms with E-state index in [-0.39, 0.29) is 11.9 Å². The SMILES string of the molecule is CCCc1cc(C2CCCCCN2C(=O)c2c(C)noc2C)no1. The molecule has 0 saturated carbocycles. The number of aromatic nitrogens is 2. The standard InChI is InChI=1S/C18H25N3O3/c1-4-8-14-11-15(20-24-14)16-9-6-5-7-10-21(16)18(22)17-12(2)19-23-13(17)3/h11,16H,4-10H2,1-3H3. The number of nitrogens with zero attached hydrogens (tertiary/aromatic N) is 3. The summed E-state index contributed by atoms with van der Waals surface area (Å²) in [6.07, 6.45) is 6.02. The number of amides is 1. The number of likely N-dealkylation sites (tertiary alicyclic amines) is 1. The van der Waals surface area contributed by atoms with Gasteiger partial charge < -0.3 is 13.9 Å². The lowest BCUT2D eigenvalue weighted by molar-refractivity contribution is 0.0671. The van der Waals surface area contributed by atoms with Crippen LogP contribution in [0, 0.1) is 13.8 Å². The van der Waals surface area contributed by atoms with E-state index in [1.165, 1.54) is 0 Å². The number of aryl methyl sites for hydroxylation is 3. The van der Waals surface area contributed by atoms with Crippen molar-refractivity contribution in [2.45, 2.75) is 65.3 Å². The number of rotatable bonds is 4. The second kappa shape index (κ2) is 7.20. The second-order valence-corrected chi connectivity index (χ2v) is 6.53. The molecule has 0 radical (unpaired) electrons. The van der Waals surface area contributed by atoms with E-state index in [1.54, 1.807) is 6.92 Å². The Kier molecular flexibility index (Phi) is 5.02. The Morgan fingerprint density at radius 3 is 2.79 bits per heavy atom. The molecule has 1 aliphatic rings. The molecule has 3 rings (SSSR count). The number of hydrogen-bond donors (Lipinski definition) is 0. The summed E-state index contributed by atoms with van der Waals surface area (Å²) in [5.74, 6) is 1.45. The molecule has 3 heterocycles. The highest BCUT2D eigenvalue weighted by Gasteiger charge is 2.32. The van der Waals surface area contributed by atoms with Gasteiger partial charge in [-0.05, 0) is 33.1 Å². The van der Waals surface area contributed by atoms with Crippen molar-refractivity contribution in [1.82, 2.24) is 15.2 Å². The molecule has 6 nitrogen and oxygen atoms in total. The van der Waals surface area contributed by atoms with E-state index in [1.807, 2.05) is 17.9 Å². The normalized spacial score (nSPS) is 18.6. The molecule has 1 saturated heterocycles. The Labute approximate surface area is 142 Å². The molecular formula is C18H25N3O3. The fraction of sp³-hybridized carbons (Fsp3) is 0.611. The lowest BCUT2D eigenvalue weighted by Crippen LogP contribution is -2.35. The molecule has 0 aliphatic carbocycles. The maximum Gasteiger partial charge on any atom is 0.259 e. The highest BCUT2D eigenvalue weighted by molar-refractivity contribution is 5.96. The molecule has 0 N–H and O–H groups in total. The number of carbonyl (C=O) groups is 1. The van der Waals surface area contributed by atoms with E-state index < -0.39 is 0 Å². The Bertz CT molecular complexity index is 685. The van der Waals surface area contributed by atoms with Gasteiger partial charge in [-0.1, -0.05) is 30.1 Å². The lowest BCUT2D eigenvalue weighted by Gasteiger charge is -2.28. The quantitative estimate of drug-likeness (QED) is 0.847. The van der Waals surface area contributed by atoms with Gasteiger partial charge in [-0.2, -0.15) is 0 Å². The summed E-state index contributed by atoms with van der Waals surface area (Å²) in [5.41, 5.74) is 2.09. The largest absolute Gasteiger partial charge is 0.361 e. The van der Waals surface area contributed by atoms with Crippen LogP contribution in [0.5, 0.6) is 0 Å². The van der Waals surface area contributed by atoms with Gasteiger partial charge in [-0.3, -0.25) is 4.79 Å². The van der Waals surface area contributed by atoms with Gasteiger partial charge in [0, 0.05) is 19.0 Å². The van der Waals surface area contributed by atoms with Crippen LogP contribution >= 0.6 is 0 Å². The fourth-order valence-electron chi connectivity index (χ4n) is 3.44. The van der Waals surface area contributed by atoms with Gasteiger partial charge in [0.25, 0.3) is 5.91 Å². The maximum atomic E-state index is 13.1. The van der Waals surface area contributed by atoms with Crippen LogP contribution in [0.3, 0.4) is 0 Å². The summed E-state index contributed by atoms with van der Waals surface area (Å²) in [6.45, 7) is 6.44. The third-order valence-corrected chi connectivity index (χ3v) is 4.68.